The molecule has 0 amide bonds. The fourth-order valence-electron chi connectivity index (χ4n) is 1.86. The van der Waals surface area contributed by atoms with Crippen LogP contribution in [-0.2, 0) is 4.74 Å². The van der Waals surface area contributed by atoms with Gasteiger partial charge in [-0.25, -0.2) is 8.78 Å². The van der Waals surface area contributed by atoms with Crippen molar-refractivity contribution in [3.8, 4) is 5.75 Å². The first kappa shape index (κ1) is 13.1. The Kier molecular flexibility index (Phi) is 3.45. The highest BCUT2D eigenvalue weighted by molar-refractivity contribution is 5.29. The van der Waals surface area contributed by atoms with Gasteiger partial charge >= 0.3 is 0 Å². The first-order chi connectivity index (χ1) is 8.45. The zero-order chi connectivity index (χ0) is 13.4. The summed E-state index contributed by atoms with van der Waals surface area (Å²) >= 11 is 0. The van der Waals surface area contributed by atoms with Gasteiger partial charge in [0, 0.05) is 25.6 Å². The normalized spacial score (nSPS) is 26.9. The molecule has 1 fully saturated rings. The molecule has 1 aromatic rings. The van der Waals surface area contributed by atoms with Crippen LogP contribution >= 0.6 is 0 Å². The van der Waals surface area contributed by atoms with Gasteiger partial charge in [-0.05, 0) is 0 Å². The van der Waals surface area contributed by atoms with Crippen LogP contribution in [0.3, 0.4) is 0 Å². The van der Waals surface area contributed by atoms with Crippen LogP contribution < -0.4 is 10.5 Å². The quantitative estimate of drug-likeness (QED) is 0.668. The number of ether oxygens (including phenoxy) is 2. The van der Waals surface area contributed by atoms with Crippen molar-refractivity contribution in [3.63, 3.8) is 0 Å². The smallest absolute Gasteiger partial charge is 0.203 e. The minimum Gasteiger partial charge on any atom is -0.481 e. The molecule has 7 heteroatoms. The van der Waals surface area contributed by atoms with E-state index in [-0.39, 0.29) is 18.5 Å². The van der Waals surface area contributed by atoms with Gasteiger partial charge in [0.25, 0.3) is 0 Å². The molecule has 2 N–H and O–H groups in total. The lowest BCUT2D eigenvalue weighted by molar-refractivity contribution is -0.0809. The van der Waals surface area contributed by atoms with Gasteiger partial charge < -0.3 is 15.2 Å². The summed E-state index contributed by atoms with van der Waals surface area (Å²) in [5, 5.41) is 0. The van der Waals surface area contributed by atoms with E-state index in [0.717, 1.165) is 0 Å². The molecule has 1 aromatic carbocycles. The minimum atomic E-state index is -1.57. The number of hydrogen-bond acceptors (Lipinski definition) is 3. The van der Waals surface area contributed by atoms with Gasteiger partial charge in [0.15, 0.2) is 17.4 Å². The molecule has 0 aromatic heterocycles. The van der Waals surface area contributed by atoms with Crippen molar-refractivity contribution >= 4 is 0 Å². The Morgan fingerprint density at radius 2 is 1.72 bits per heavy atom. The highest BCUT2D eigenvalue weighted by atomic mass is 19.2. The fraction of sp³-hybridized carbons (Fsp3) is 0.455. The molecular weight excluding hydrogens is 254 g/mol. The van der Waals surface area contributed by atoms with Crippen LogP contribution in [0, 0.1) is 23.3 Å². The summed E-state index contributed by atoms with van der Waals surface area (Å²) in [7, 11) is 1.36. The maximum absolute atomic E-state index is 13.3. The molecule has 3 nitrogen and oxygen atoms in total. The van der Waals surface area contributed by atoms with E-state index < -0.39 is 41.2 Å². The van der Waals surface area contributed by atoms with Crippen molar-refractivity contribution < 1.29 is 27.0 Å². The molecule has 2 rings (SSSR count). The minimum absolute atomic E-state index is 0.123. The Morgan fingerprint density at radius 3 is 2.17 bits per heavy atom. The Balaban J connectivity index is 2.24. The summed E-state index contributed by atoms with van der Waals surface area (Å²) in [5.41, 5.74) is 5.57. The Bertz CT molecular complexity index is 443. The first-order valence-electron chi connectivity index (χ1n) is 5.23. The number of hydrogen-bond donors (Lipinski definition) is 1. The lowest BCUT2D eigenvalue weighted by Gasteiger charge is -2.40. The molecule has 3 unspecified atom stereocenters. The standard InChI is InChI=1S/C11H11F4NO2/c1-17-10-6(16)3-7(10)18-11-8(14)4(12)2-5(13)9(11)15/h2,6-7,10H,3,16H2,1H3. The van der Waals surface area contributed by atoms with Gasteiger partial charge in [-0.1, -0.05) is 0 Å². The summed E-state index contributed by atoms with van der Waals surface area (Å²) in [6, 6.07) is -0.206. The van der Waals surface area contributed by atoms with Crippen molar-refractivity contribution in [2.24, 2.45) is 5.73 Å². The van der Waals surface area contributed by atoms with Crippen molar-refractivity contribution in [1.29, 1.82) is 0 Å². The zero-order valence-electron chi connectivity index (χ0n) is 9.42. The van der Waals surface area contributed by atoms with E-state index in [4.69, 9.17) is 15.2 Å². The summed E-state index contributed by atoms with van der Waals surface area (Å²) in [6.45, 7) is 0. The highest BCUT2D eigenvalue weighted by Gasteiger charge is 2.42. The average Bonchev–Trinajstić information content (AvgIpc) is 2.31. The first-order valence-corrected chi connectivity index (χ1v) is 5.23. The molecule has 1 aliphatic carbocycles. The maximum Gasteiger partial charge on any atom is 0.203 e. The Morgan fingerprint density at radius 1 is 1.17 bits per heavy atom. The third kappa shape index (κ3) is 2.04. The average molecular weight is 265 g/mol. The predicted molar refractivity (Wildman–Crippen MR) is 54.1 cm³/mol. The summed E-state index contributed by atoms with van der Waals surface area (Å²) in [5.74, 6) is -7.23. The van der Waals surface area contributed by atoms with Gasteiger partial charge in [-0.3, -0.25) is 0 Å². The Hall–Kier alpha value is -1.34. The van der Waals surface area contributed by atoms with Crippen LogP contribution in [0.4, 0.5) is 17.6 Å². The van der Waals surface area contributed by atoms with E-state index in [1.807, 2.05) is 0 Å². The molecule has 0 spiro atoms. The van der Waals surface area contributed by atoms with Gasteiger partial charge in [0.1, 0.15) is 12.2 Å². The van der Waals surface area contributed by atoms with Gasteiger partial charge in [-0.15, -0.1) is 0 Å². The number of halogens is 4. The maximum atomic E-state index is 13.3. The largest absolute Gasteiger partial charge is 0.481 e. The molecule has 0 radical (unpaired) electrons. The molecule has 0 heterocycles. The van der Waals surface area contributed by atoms with E-state index in [0.29, 0.717) is 0 Å². The number of nitrogens with two attached hydrogens (primary N) is 1. The lowest BCUT2D eigenvalue weighted by Crippen LogP contribution is -2.59. The second-order valence-corrected chi connectivity index (χ2v) is 4.05. The van der Waals surface area contributed by atoms with Crippen LogP contribution in [0.15, 0.2) is 6.07 Å². The molecule has 3 atom stereocenters. The molecule has 0 saturated heterocycles. The number of rotatable bonds is 3. The topological polar surface area (TPSA) is 44.5 Å². The van der Waals surface area contributed by atoms with E-state index in [9.17, 15) is 17.6 Å². The van der Waals surface area contributed by atoms with Crippen LogP contribution in [0.2, 0.25) is 0 Å². The summed E-state index contributed by atoms with van der Waals surface area (Å²) < 4.78 is 62.3. The molecule has 0 aliphatic heterocycles. The van der Waals surface area contributed by atoms with Crippen molar-refractivity contribution in [2.75, 3.05) is 7.11 Å². The summed E-state index contributed by atoms with van der Waals surface area (Å²) in [6.07, 6.45) is -1.000. The van der Waals surface area contributed by atoms with Gasteiger partial charge in [-0.2, -0.15) is 8.78 Å². The van der Waals surface area contributed by atoms with Gasteiger partial charge in [0.2, 0.25) is 11.6 Å². The lowest BCUT2D eigenvalue weighted by atomic mass is 9.86. The third-order valence-electron chi connectivity index (χ3n) is 2.91. The molecular formula is C11H11F4NO2. The molecule has 1 saturated carbocycles. The van der Waals surface area contributed by atoms with E-state index in [1.165, 1.54) is 7.11 Å². The molecule has 1 aliphatic rings. The van der Waals surface area contributed by atoms with Crippen LogP contribution in [0.25, 0.3) is 0 Å². The monoisotopic (exact) mass is 265 g/mol. The third-order valence-corrected chi connectivity index (χ3v) is 2.91. The molecule has 0 bridgehead atoms. The van der Waals surface area contributed by atoms with Crippen LogP contribution in [0.5, 0.6) is 5.75 Å². The van der Waals surface area contributed by atoms with Gasteiger partial charge in [0.05, 0.1) is 0 Å². The second kappa shape index (κ2) is 4.74. The molecule has 18 heavy (non-hydrogen) atoms. The van der Waals surface area contributed by atoms with E-state index >= 15 is 0 Å². The van der Waals surface area contributed by atoms with Crippen molar-refractivity contribution in [2.45, 2.75) is 24.7 Å². The van der Waals surface area contributed by atoms with E-state index in [2.05, 4.69) is 0 Å². The fourth-order valence-corrected chi connectivity index (χ4v) is 1.86. The Labute approximate surface area is 100 Å². The van der Waals surface area contributed by atoms with E-state index in [1.54, 1.807) is 0 Å². The van der Waals surface area contributed by atoms with Crippen molar-refractivity contribution in [3.05, 3.63) is 29.3 Å². The second-order valence-electron chi connectivity index (χ2n) is 4.05. The number of benzene rings is 1. The highest BCUT2D eigenvalue weighted by Crippen LogP contribution is 2.32. The molecule has 100 valence electrons. The van der Waals surface area contributed by atoms with Crippen LogP contribution in [0.1, 0.15) is 6.42 Å². The zero-order valence-corrected chi connectivity index (χ0v) is 9.42. The SMILES string of the molecule is COC1C(N)CC1Oc1c(F)c(F)cc(F)c1F. The number of methoxy groups -OCH3 is 1. The van der Waals surface area contributed by atoms with Crippen molar-refractivity contribution in [1.82, 2.24) is 0 Å². The summed E-state index contributed by atoms with van der Waals surface area (Å²) in [4.78, 5) is 0. The van der Waals surface area contributed by atoms with Crippen LogP contribution in [-0.4, -0.2) is 25.4 Å². The predicted octanol–water partition coefficient (Wildman–Crippen LogP) is 1.74.